The lowest BCUT2D eigenvalue weighted by atomic mass is 9.95. The highest BCUT2D eigenvalue weighted by Crippen LogP contribution is 2.20. The van der Waals surface area contributed by atoms with Crippen LogP contribution in [0.2, 0.25) is 0 Å². The molecule has 15 heavy (non-hydrogen) atoms. The zero-order valence-corrected chi connectivity index (χ0v) is 10.5. The average Bonchev–Trinajstić information content (AvgIpc) is 2.10. The Kier molecular flexibility index (Phi) is 4.33. The van der Waals surface area contributed by atoms with Crippen molar-refractivity contribution in [1.29, 1.82) is 0 Å². The van der Waals surface area contributed by atoms with Gasteiger partial charge >= 0.3 is 5.97 Å². The monoisotopic (exact) mass is 270 g/mol. The maximum atomic E-state index is 10.5. The highest BCUT2D eigenvalue weighted by Gasteiger charge is 2.10. The fourth-order valence-corrected chi connectivity index (χ4v) is 2.01. The van der Waals surface area contributed by atoms with Gasteiger partial charge in [-0.15, -0.1) is 0 Å². The van der Waals surface area contributed by atoms with E-state index in [1.807, 2.05) is 19.1 Å². The summed E-state index contributed by atoms with van der Waals surface area (Å²) in [6.07, 6.45) is 1.05. The second-order valence-electron chi connectivity index (χ2n) is 3.98. The molecule has 0 aliphatic heterocycles. The first-order valence-electron chi connectivity index (χ1n) is 4.96. The lowest BCUT2D eigenvalue weighted by molar-refractivity contribution is -0.137. The number of aliphatic carboxylic acids is 1. The molecule has 0 spiro atoms. The molecule has 0 heterocycles. The van der Waals surface area contributed by atoms with Gasteiger partial charge in [-0.2, -0.15) is 0 Å². The number of rotatable bonds is 4. The largest absolute Gasteiger partial charge is 0.481 e. The lowest BCUT2D eigenvalue weighted by Crippen LogP contribution is -2.07. The molecule has 1 rings (SSSR count). The molecule has 2 nitrogen and oxygen atoms in total. The Balaban J connectivity index is 2.71. The number of halogens is 1. The molecule has 0 bridgehead atoms. The number of hydrogen-bond acceptors (Lipinski definition) is 1. The molecule has 0 amide bonds. The van der Waals surface area contributed by atoms with Gasteiger partial charge in [-0.3, -0.25) is 4.79 Å². The molecule has 0 aromatic heterocycles. The zero-order chi connectivity index (χ0) is 11.4. The van der Waals surface area contributed by atoms with Gasteiger partial charge in [-0.1, -0.05) is 28.9 Å². The molecule has 1 aromatic rings. The first kappa shape index (κ1) is 12.2. The average molecular weight is 271 g/mol. The van der Waals surface area contributed by atoms with E-state index in [-0.39, 0.29) is 12.3 Å². The summed E-state index contributed by atoms with van der Waals surface area (Å²) in [5, 5.41) is 8.68. The number of hydrogen-bond donors (Lipinski definition) is 1. The van der Waals surface area contributed by atoms with Crippen molar-refractivity contribution in [2.24, 2.45) is 5.92 Å². The van der Waals surface area contributed by atoms with Gasteiger partial charge in [-0.25, -0.2) is 0 Å². The molecule has 0 radical (unpaired) electrons. The summed E-state index contributed by atoms with van der Waals surface area (Å²) in [7, 11) is 0. The molecular weight excluding hydrogens is 256 g/mol. The number of aryl methyl sites for hydroxylation is 1. The van der Waals surface area contributed by atoms with Crippen LogP contribution in [0.25, 0.3) is 0 Å². The van der Waals surface area contributed by atoms with Crippen LogP contribution in [-0.4, -0.2) is 11.1 Å². The summed E-state index contributed by atoms with van der Waals surface area (Å²) < 4.78 is 1.05. The Morgan fingerprint density at radius 1 is 1.53 bits per heavy atom. The molecule has 1 unspecified atom stereocenters. The van der Waals surface area contributed by atoms with Crippen molar-refractivity contribution in [3.05, 3.63) is 33.8 Å². The van der Waals surface area contributed by atoms with Gasteiger partial charge in [0.25, 0.3) is 0 Å². The van der Waals surface area contributed by atoms with Gasteiger partial charge in [-0.05, 0) is 42.5 Å². The van der Waals surface area contributed by atoms with Crippen LogP contribution in [-0.2, 0) is 11.2 Å². The van der Waals surface area contributed by atoms with Crippen LogP contribution in [0.3, 0.4) is 0 Å². The van der Waals surface area contributed by atoms with Crippen LogP contribution in [0.5, 0.6) is 0 Å². The van der Waals surface area contributed by atoms with Crippen LogP contribution < -0.4 is 0 Å². The van der Waals surface area contributed by atoms with Crippen molar-refractivity contribution < 1.29 is 9.90 Å². The highest BCUT2D eigenvalue weighted by molar-refractivity contribution is 9.10. The second kappa shape index (κ2) is 5.31. The van der Waals surface area contributed by atoms with E-state index < -0.39 is 5.97 Å². The Morgan fingerprint density at radius 2 is 2.20 bits per heavy atom. The third-order valence-electron chi connectivity index (χ3n) is 2.40. The minimum Gasteiger partial charge on any atom is -0.481 e. The van der Waals surface area contributed by atoms with Gasteiger partial charge in [0.15, 0.2) is 0 Å². The maximum Gasteiger partial charge on any atom is 0.303 e. The third-order valence-corrected chi connectivity index (χ3v) is 2.90. The van der Waals surface area contributed by atoms with E-state index in [1.54, 1.807) is 0 Å². The SMILES string of the molecule is Cc1ccc(Br)cc1CC(C)CC(=O)O. The molecule has 1 aromatic carbocycles. The molecule has 82 valence electrons. The summed E-state index contributed by atoms with van der Waals surface area (Å²) in [5.41, 5.74) is 2.44. The molecule has 1 atom stereocenters. The predicted octanol–water partition coefficient (Wildman–Crippen LogP) is 3.41. The number of carbonyl (C=O) groups is 1. The van der Waals surface area contributed by atoms with Crippen molar-refractivity contribution in [3.8, 4) is 0 Å². The minimum atomic E-state index is -0.727. The normalized spacial score (nSPS) is 12.5. The third kappa shape index (κ3) is 4.04. The summed E-state index contributed by atoms with van der Waals surface area (Å²) in [4.78, 5) is 10.5. The van der Waals surface area contributed by atoms with Crippen LogP contribution in [0, 0.1) is 12.8 Å². The van der Waals surface area contributed by atoms with Crippen LogP contribution in [0.15, 0.2) is 22.7 Å². The molecular formula is C12H15BrO2. The Hall–Kier alpha value is -0.830. The van der Waals surface area contributed by atoms with Gasteiger partial charge in [0.2, 0.25) is 0 Å². The molecule has 0 aliphatic carbocycles. The molecule has 0 saturated heterocycles. The van der Waals surface area contributed by atoms with E-state index in [0.29, 0.717) is 0 Å². The lowest BCUT2D eigenvalue weighted by Gasteiger charge is -2.11. The van der Waals surface area contributed by atoms with Crippen molar-refractivity contribution in [2.75, 3.05) is 0 Å². The van der Waals surface area contributed by atoms with Crippen molar-refractivity contribution in [2.45, 2.75) is 26.7 Å². The van der Waals surface area contributed by atoms with E-state index in [4.69, 9.17) is 5.11 Å². The zero-order valence-electron chi connectivity index (χ0n) is 8.96. The Morgan fingerprint density at radius 3 is 2.80 bits per heavy atom. The molecule has 0 fully saturated rings. The Bertz CT molecular complexity index is 361. The Labute approximate surface area is 98.4 Å². The van der Waals surface area contributed by atoms with Crippen LogP contribution in [0.1, 0.15) is 24.5 Å². The van der Waals surface area contributed by atoms with Crippen LogP contribution in [0.4, 0.5) is 0 Å². The van der Waals surface area contributed by atoms with E-state index in [9.17, 15) is 4.79 Å². The summed E-state index contributed by atoms with van der Waals surface area (Å²) in [6.45, 7) is 4.02. The van der Waals surface area contributed by atoms with Gasteiger partial charge < -0.3 is 5.11 Å². The summed E-state index contributed by atoms with van der Waals surface area (Å²) >= 11 is 3.42. The predicted molar refractivity (Wildman–Crippen MR) is 64.0 cm³/mol. The van der Waals surface area contributed by atoms with Crippen LogP contribution >= 0.6 is 15.9 Å². The first-order chi connectivity index (χ1) is 6.99. The quantitative estimate of drug-likeness (QED) is 0.911. The number of benzene rings is 1. The summed E-state index contributed by atoms with van der Waals surface area (Å²) in [5.74, 6) is -0.550. The van der Waals surface area contributed by atoms with E-state index in [2.05, 4.69) is 28.9 Å². The first-order valence-corrected chi connectivity index (χ1v) is 5.75. The summed E-state index contributed by atoms with van der Waals surface area (Å²) in [6, 6.07) is 6.11. The standard InChI is InChI=1S/C12H15BrO2/c1-8(6-12(14)15)5-10-7-11(13)4-3-9(10)2/h3-4,7-8H,5-6H2,1-2H3,(H,14,15). The van der Waals surface area contributed by atoms with Crippen molar-refractivity contribution in [3.63, 3.8) is 0 Å². The van der Waals surface area contributed by atoms with Gasteiger partial charge in [0.1, 0.15) is 0 Å². The molecule has 3 heteroatoms. The second-order valence-corrected chi connectivity index (χ2v) is 4.89. The fourth-order valence-electron chi connectivity index (χ4n) is 1.61. The van der Waals surface area contributed by atoms with E-state index in [1.165, 1.54) is 11.1 Å². The number of carboxylic acids is 1. The van der Waals surface area contributed by atoms with Crippen molar-refractivity contribution >= 4 is 21.9 Å². The maximum absolute atomic E-state index is 10.5. The fraction of sp³-hybridized carbons (Fsp3) is 0.417. The van der Waals surface area contributed by atoms with Gasteiger partial charge in [0.05, 0.1) is 0 Å². The molecule has 0 aliphatic rings. The topological polar surface area (TPSA) is 37.3 Å². The minimum absolute atomic E-state index is 0.176. The smallest absolute Gasteiger partial charge is 0.303 e. The van der Waals surface area contributed by atoms with E-state index in [0.717, 1.165) is 10.9 Å². The van der Waals surface area contributed by atoms with E-state index >= 15 is 0 Å². The molecule has 1 N–H and O–H groups in total. The number of carboxylic acid groups (broad SMARTS) is 1. The highest BCUT2D eigenvalue weighted by atomic mass is 79.9. The van der Waals surface area contributed by atoms with Crippen molar-refractivity contribution in [1.82, 2.24) is 0 Å². The molecule has 0 saturated carbocycles. The van der Waals surface area contributed by atoms with Gasteiger partial charge in [0, 0.05) is 10.9 Å².